The number of aliphatic hydroxyl groups is 1. The van der Waals surface area contributed by atoms with Crippen LogP contribution >= 0.6 is 0 Å². The molecule has 0 radical (unpaired) electrons. The van der Waals surface area contributed by atoms with Crippen LogP contribution in [-0.2, 0) is 0 Å². The molecule has 0 fully saturated rings. The van der Waals surface area contributed by atoms with Crippen LogP contribution in [0.1, 0.15) is 18.1 Å². The molecule has 1 aromatic heterocycles. The summed E-state index contributed by atoms with van der Waals surface area (Å²) < 4.78 is 41.8. The SMILES string of the molecule is Cc1ccc(C)c(Nc2cc(-c3cccc(OC(F)(F)F)c3)nc(N[C@H](C)CO)n2)c1. The number of ether oxygens (including phenoxy) is 1. The van der Waals surface area contributed by atoms with Crippen LogP contribution in [0.5, 0.6) is 5.75 Å². The minimum Gasteiger partial charge on any atom is -0.406 e. The average Bonchev–Trinajstić information content (AvgIpc) is 2.69. The summed E-state index contributed by atoms with van der Waals surface area (Å²) in [6.07, 6.45) is -4.79. The number of hydrogen-bond acceptors (Lipinski definition) is 6. The second-order valence-electron chi connectivity index (χ2n) is 7.21. The predicted molar refractivity (Wildman–Crippen MR) is 114 cm³/mol. The standard InChI is InChI=1S/C22H23F3N4O2/c1-13-7-8-14(2)18(9-13)27-20-11-19(28-21(29-20)26-15(3)12-30)16-5-4-6-17(10-16)31-22(23,24)25/h4-11,15,30H,12H2,1-3H3,(H2,26,27,28,29)/t15-/m1/s1. The highest BCUT2D eigenvalue weighted by Crippen LogP contribution is 2.30. The van der Waals surface area contributed by atoms with Gasteiger partial charge in [-0.05, 0) is 50.1 Å². The lowest BCUT2D eigenvalue weighted by Crippen LogP contribution is -2.21. The Morgan fingerprint density at radius 3 is 2.55 bits per heavy atom. The highest BCUT2D eigenvalue weighted by Gasteiger charge is 2.31. The number of benzene rings is 2. The predicted octanol–water partition coefficient (Wildman–Crippen LogP) is 5.20. The number of aryl methyl sites for hydroxylation is 2. The normalized spacial score (nSPS) is 12.4. The third-order valence-corrected chi connectivity index (χ3v) is 4.39. The average molecular weight is 432 g/mol. The molecule has 1 atom stereocenters. The van der Waals surface area contributed by atoms with Crippen molar-refractivity contribution < 1.29 is 23.0 Å². The number of aromatic nitrogens is 2. The van der Waals surface area contributed by atoms with Gasteiger partial charge in [0.25, 0.3) is 0 Å². The molecule has 0 bridgehead atoms. The van der Waals surface area contributed by atoms with Crippen LogP contribution in [0.4, 0.5) is 30.6 Å². The highest BCUT2D eigenvalue weighted by molar-refractivity contribution is 5.69. The van der Waals surface area contributed by atoms with E-state index in [9.17, 15) is 18.3 Å². The Bertz CT molecular complexity index is 1060. The molecule has 0 unspecified atom stereocenters. The first-order valence-electron chi connectivity index (χ1n) is 9.60. The van der Waals surface area contributed by atoms with Crippen molar-refractivity contribution in [2.75, 3.05) is 17.2 Å². The van der Waals surface area contributed by atoms with E-state index < -0.39 is 6.36 Å². The molecule has 3 aromatic rings. The van der Waals surface area contributed by atoms with Gasteiger partial charge in [0.2, 0.25) is 5.95 Å². The molecule has 3 rings (SSSR count). The molecule has 31 heavy (non-hydrogen) atoms. The summed E-state index contributed by atoms with van der Waals surface area (Å²) in [6.45, 7) is 5.54. The number of nitrogens with zero attached hydrogens (tertiary/aromatic N) is 2. The lowest BCUT2D eigenvalue weighted by Gasteiger charge is -2.16. The van der Waals surface area contributed by atoms with Crippen LogP contribution in [0.2, 0.25) is 0 Å². The molecule has 0 aliphatic rings. The van der Waals surface area contributed by atoms with Gasteiger partial charge in [-0.2, -0.15) is 4.98 Å². The van der Waals surface area contributed by atoms with Crippen LogP contribution in [0, 0.1) is 13.8 Å². The van der Waals surface area contributed by atoms with Gasteiger partial charge in [-0.25, -0.2) is 4.98 Å². The van der Waals surface area contributed by atoms with Crippen molar-refractivity contribution in [2.45, 2.75) is 33.2 Å². The molecule has 164 valence electrons. The van der Waals surface area contributed by atoms with Gasteiger partial charge in [-0.1, -0.05) is 24.3 Å². The van der Waals surface area contributed by atoms with Crippen molar-refractivity contribution in [1.82, 2.24) is 9.97 Å². The first-order valence-corrected chi connectivity index (χ1v) is 9.60. The van der Waals surface area contributed by atoms with Crippen molar-refractivity contribution in [3.05, 3.63) is 59.7 Å². The summed E-state index contributed by atoms with van der Waals surface area (Å²) in [4.78, 5) is 8.84. The van der Waals surface area contributed by atoms with Crippen LogP contribution < -0.4 is 15.4 Å². The third kappa shape index (κ3) is 6.32. The van der Waals surface area contributed by atoms with E-state index >= 15 is 0 Å². The van der Waals surface area contributed by atoms with E-state index in [2.05, 4.69) is 25.3 Å². The van der Waals surface area contributed by atoms with Crippen LogP contribution in [0.25, 0.3) is 11.3 Å². The minimum absolute atomic E-state index is 0.137. The molecule has 0 aliphatic carbocycles. The Kier molecular flexibility index (Phi) is 6.65. The van der Waals surface area contributed by atoms with Crippen LogP contribution in [0.15, 0.2) is 48.5 Å². The number of nitrogens with one attached hydrogen (secondary N) is 2. The largest absolute Gasteiger partial charge is 0.573 e. The number of aliphatic hydroxyl groups excluding tert-OH is 1. The number of rotatable bonds is 7. The molecule has 0 spiro atoms. The molecule has 3 N–H and O–H groups in total. The van der Waals surface area contributed by atoms with E-state index in [1.807, 2.05) is 32.0 Å². The second kappa shape index (κ2) is 9.22. The third-order valence-electron chi connectivity index (χ3n) is 4.39. The fourth-order valence-corrected chi connectivity index (χ4v) is 2.85. The van der Waals surface area contributed by atoms with Crippen molar-refractivity contribution in [3.8, 4) is 17.0 Å². The lowest BCUT2D eigenvalue weighted by atomic mass is 10.1. The summed E-state index contributed by atoms with van der Waals surface area (Å²) in [7, 11) is 0. The summed E-state index contributed by atoms with van der Waals surface area (Å²) in [5.41, 5.74) is 3.73. The monoisotopic (exact) mass is 432 g/mol. The van der Waals surface area contributed by atoms with E-state index in [-0.39, 0.29) is 24.3 Å². The van der Waals surface area contributed by atoms with Crippen molar-refractivity contribution in [3.63, 3.8) is 0 Å². The fraction of sp³-hybridized carbons (Fsp3) is 0.273. The maximum absolute atomic E-state index is 12.6. The smallest absolute Gasteiger partial charge is 0.406 e. The lowest BCUT2D eigenvalue weighted by molar-refractivity contribution is -0.274. The maximum atomic E-state index is 12.6. The molecule has 0 saturated heterocycles. The van der Waals surface area contributed by atoms with E-state index in [4.69, 9.17) is 0 Å². The van der Waals surface area contributed by atoms with Gasteiger partial charge in [-0.3, -0.25) is 0 Å². The first kappa shape index (κ1) is 22.4. The zero-order valence-electron chi connectivity index (χ0n) is 17.3. The zero-order valence-corrected chi connectivity index (χ0v) is 17.3. The molecular formula is C22H23F3N4O2. The number of hydrogen-bond donors (Lipinski definition) is 3. The van der Waals surface area contributed by atoms with Crippen molar-refractivity contribution in [1.29, 1.82) is 0 Å². The van der Waals surface area contributed by atoms with Gasteiger partial charge in [0.15, 0.2) is 0 Å². The Morgan fingerprint density at radius 2 is 1.84 bits per heavy atom. The second-order valence-corrected chi connectivity index (χ2v) is 7.21. The number of halogens is 3. The number of alkyl halides is 3. The Labute approximate surface area is 178 Å². The van der Waals surface area contributed by atoms with E-state index in [0.717, 1.165) is 16.8 Å². The minimum atomic E-state index is -4.79. The summed E-state index contributed by atoms with van der Waals surface area (Å²) >= 11 is 0. The van der Waals surface area contributed by atoms with E-state index in [0.29, 0.717) is 17.1 Å². The molecular weight excluding hydrogens is 409 g/mol. The molecule has 0 amide bonds. The van der Waals surface area contributed by atoms with Gasteiger partial charge in [-0.15, -0.1) is 13.2 Å². The molecule has 0 saturated carbocycles. The van der Waals surface area contributed by atoms with E-state index in [1.165, 1.54) is 18.2 Å². The molecule has 0 aliphatic heterocycles. The van der Waals surface area contributed by atoms with E-state index in [1.54, 1.807) is 19.1 Å². The topological polar surface area (TPSA) is 79.3 Å². The Morgan fingerprint density at radius 1 is 1.06 bits per heavy atom. The number of anilines is 3. The maximum Gasteiger partial charge on any atom is 0.573 e. The van der Waals surface area contributed by atoms with Crippen molar-refractivity contribution >= 4 is 17.5 Å². The fourth-order valence-electron chi connectivity index (χ4n) is 2.85. The molecule has 1 heterocycles. The Hall–Kier alpha value is -3.33. The molecule has 6 nitrogen and oxygen atoms in total. The first-order chi connectivity index (χ1) is 14.6. The van der Waals surface area contributed by atoms with Gasteiger partial charge >= 0.3 is 6.36 Å². The van der Waals surface area contributed by atoms with Crippen LogP contribution in [0.3, 0.4) is 0 Å². The zero-order chi connectivity index (χ0) is 22.6. The van der Waals surface area contributed by atoms with Gasteiger partial charge < -0.3 is 20.5 Å². The summed E-state index contributed by atoms with van der Waals surface area (Å²) in [6, 6.07) is 12.8. The van der Waals surface area contributed by atoms with Crippen LogP contribution in [-0.4, -0.2) is 34.1 Å². The summed E-state index contributed by atoms with van der Waals surface area (Å²) in [5.74, 6) is 0.341. The van der Waals surface area contributed by atoms with Gasteiger partial charge in [0.1, 0.15) is 11.6 Å². The molecule has 9 heteroatoms. The Balaban J connectivity index is 2.01. The van der Waals surface area contributed by atoms with Gasteiger partial charge in [0.05, 0.1) is 12.3 Å². The van der Waals surface area contributed by atoms with Crippen molar-refractivity contribution in [2.24, 2.45) is 0 Å². The quantitative estimate of drug-likeness (QED) is 0.477. The summed E-state index contributed by atoms with van der Waals surface area (Å²) in [5, 5.41) is 15.6. The molecule has 2 aromatic carbocycles. The highest BCUT2D eigenvalue weighted by atomic mass is 19.4. The van der Waals surface area contributed by atoms with Gasteiger partial charge in [0, 0.05) is 23.4 Å².